The van der Waals surface area contributed by atoms with E-state index in [0.29, 0.717) is 11.0 Å². The summed E-state index contributed by atoms with van der Waals surface area (Å²) in [5.41, 5.74) is 9.67. The molecule has 2 heterocycles. The van der Waals surface area contributed by atoms with Gasteiger partial charge in [0.05, 0.1) is 13.7 Å². The lowest BCUT2D eigenvalue weighted by Gasteiger charge is -2.20. The minimum atomic E-state index is -0.472. The molecule has 6 heteroatoms. The molecule has 27 heavy (non-hydrogen) atoms. The first-order chi connectivity index (χ1) is 13.1. The van der Waals surface area contributed by atoms with E-state index in [-0.39, 0.29) is 5.82 Å². The highest BCUT2D eigenvalue weighted by molar-refractivity contribution is 5.95. The number of esters is 1. The van der Waals surface area contributed by atoms with Gasteiger partial charge in [0.25, 0.3) is 0 Å². The average Bonchev–Trinajstić information content (AvgIpc) is 3.28. The van der Waals surface area contributed by atoms with Gasteiger partial charge in [-0.1, -0.05) is 24.3 Å². The Morgan fingerprint density at radius 3 is 2.78 bits per heavy atom. The Bertz CT molecular complexity index is 852. The maximum absolute atomic E-state index is 11.8. The summed E-state index contributed by atoms with van der Waals surface area (Å²) in [7, 11) is 3.09. The number of nitrogen functional groups attached to an aromatic ring is 1. The number of hydrogen-bond donors (Lipinski definition) is 1. The monoisotopic (exact) mass is 367 g/mol. The highest BCUT2D eigenvalue weighted by Crippen LogP contribution is 2.59. The van der Waals surface area contributed by atoms with E-state index in [1.807, 2.05) is 0 Å². The van der Waals surface area contributed by atoms with Crippen LogP contribution in [0.4, 0.5) is 5.82 Å². The predicted octanol–water partition coefficient (Wildman–Crippen LogP) is 2.34. The third-order valence-corrected chi connectivity index (χ3v) is 5.94. The number of piperidine rings is 1. The molecule has 0 spiro atoms. The zero-order valence-corrected chi connectivity index (χ0v) is 15.8. The van der Waals surface area contributed by atoms with Gasteiger partial charge >= 0.3 is 5.97 Å². The Morgan fingerprint density at radius 2 is 2.07 bits per heavy atom. The van der Waals surface area contributed by atoms with Crippen LogP contribution >= 0.6 is 0 Å². The van der Waals surface area contributed by atoms with E-state index in [1.165, 1.54) is 19.1 Å². The van der Waals surface area contributed by atoms with E-state index in [1.54, 1.807) is 19.4 Å². The largest absolute Gasteiger partial charge is 0.465 e. The number of hydrogen-bond acceptors (Lipinski definition) is 6. The van der Waals surface area contributed by atoms with Gasteiger partial charge in [-0.15, -0.1) is 0 Å². The summed E-state index contributed by atoms with van der Waals surface area (Å²) in [4.78, 5) is 18.5. The molecular formula is C21H25N3O3. The van der Waals surface area contributed by atoms with Gasteiger partial charge < -0.3 is 15.2 Å². The summed E-state index contributed by atoms with van der Waals surface area (Å²) in [6, 6.07) is 10.4. The molecule has 1 aliphatic heterocycles. The minimum Gasteiger partial charge on any atom is -0.465 e. The smallest absolute Gasteiger partial charge is 0.341 e. The van der Waals surface area contributed by atoms with E-state index in [9.17, 15) is 4.79 Å². The maximum atomic E-state index is 11.8. The van der Waals surface area contributed by atoms with Gasteiger partial charge in [-0.25, -0.2) is 9.78 Å². The number of fused-ring (bicyclic) bond motifs is 1. The molecule has 0 amide bonds. The molecule has 2 aliphatic rings. The molecule has 1 aromatic carbocycles. The zero-order chi connectivity index (χ0) is 19.0. The number of likely N-dealkylation sites (tertiary alicyclic amines) is 1. The van der Waals surface area contributed by atoms with Crippen LogP contribution in [0.5, 0.6) is 0 Å². The Morgan fingerprint density at radius 1 is 1.30 bits per heavy atom. The van der Waals surface area contributed by atoms with E-state index >= 15 is 0 Å². The van der Waals surface area contributed by atoms with Crippen LogP contribution in [0.2, 0.25) is 0 Å². The molecule has 0 radical (unpaired) electrons. The number of nitrogens with two attached hydrogens (primary N) is 1. The number of anilines is 1. The summed E-state index contributed by atoms with van der Waals surface area (Å²) in [6.45, 7) is 4.06. The number of rotatable bonds is 6. The topological polar surface area (TPSA) is 77.7 Å². The fourth-order valence-electron chi connectivity index (χ4n) is 4.33. The van der Waals surface area contributed by atoms with Crippen LogP contribution in [0, 0.1) is 5.92 Å². The van der Waals surface area contributed by atoms with E-state index in [2.05, 4.69) is 34.1 Å². The first-order valence-corrected chi connectivity index (χ1v) is 9.23. The summed E-state index contributed by atoms with van der Waals surface area (Å²) in [6.07, 6.45) is 2.96. The van der Waals surface area contributed by atoms with Gasteiger partial charge in [0, 0.05) is 43.9 Å². The highest BCUT2D eigenvalue weighted by Gasteiger charge is 2.60. The van der Waals surface area contributed by atoms with Crippen LogP contribution < -0.4 is 5.73 Å². The molecule has 2 fully saturated rings. The molecule has 2 atom stereocenters. The minimum absolute atomic E-state index is 0.184. The van der Waals surface area contributed by atoms with Crippen molar-refractivity contribution >= 4 is 11.8 Å². The second-order valence-corrected chi connectivity index (χ2v) is 7.51. The lowest BCUT2D eigenvalue weighted by atomic mass is 9.93. The molecule has 0 unspecified atom stereocenters. The lowest BCUT2D eigenvalue weighted by Crippen LogP contribution is -2.29. The van der Waals surface area contributed by atoms with Gasteiger partial charge in [0.2, 0.25) is 0 Å². The SMILES string of the molecule is COCCN1C[C@H]2C[C@@]2(c2ccc(-c3cnc(N)c(C(=O)OC)c3)cc2)C1. The van der Waals surface area contributed by atoms with Crippen LogP contribution in [0.3, 0.4) is 0 Å². The predicted molar refractivity (Wildman–Crippen MR) is 104 cm³/mol. The number of aromatic nitrogens is 1. The van der Waals surface area contributed by atoms with Crippen molar-refractivity contribution < 1.29 is 14.3 Å². The fraction of sp³-hybridized carbons (Fsp3) is 0.429. The Balaban J connectivity index is 1.53. The second kappa shape index (κ2) is 6.94. The van der Waals surface area contributed by atoms with E-state index in [4.69, 9.17) is 15.2 Å². The van der Waals surface area contributed by atoms with Gasteiger partial charge in [0.1, 0.15) is 11.4 Å². The Labute approximate surface area is 159 Å². The molecule has 1 aromatic heterocycles. The summed E-state index contributed by atoms with van der Waals surface area (Å²) in [5, 5.41) is 0. The Kier molecular flexibility index (Phi) is 4.61. The molecule has 1 aliphatic carbocycles. The van der Waals surface area contributed by atoms with Crippen LogP contribution in [-0.4, -0.2) is 56.3 Å². The van der Waals surface area contributed by atoms with Crippen molar-refractivity contribution in [2.45, 2.75) is 11.8 Å². The molecule has 1 saturated carbocycles. The molecule has 6 nitrogen and oxygen atoms in total. The Hall–Kier alpha value is -2.44. The zero-order valence-electron chi connectivity index (χ0n) is 15.8. The van der Waals surface area contributed by atoms with Gasteiger partial charge in [-0.05, 0) is 29.5 Å². The number of carbonyl (C=O) groups excluding carboxylic acids is 1. The molecule has 0 bridgehead atoms. The number of ether oxygens (including phenoxy) is 2. The van der Waals surface area contributed by atoms with Crippen molar-refractivity contribution in [3.63, 3.8) is 0 Å². The van der Waals surface area contributed by atoms with Crippen LogP contribution in [0.1, 0.15) is 22.3 Å². The summed E-state index contributed by atoms with van der Waals surface area (Å²) >= 11 is 0. The fourth-order valence-corrected chi connectivity index (χ4v) is 4.33. The number of nitrogens with zero attached hydrogens (tertiary/aromatic N) is 2. The average molecular weight is 367 g/mol. The molecule has 1 saturated heterocycles. The lowest BCUT2D eigenvalue weighted by molar-refractivity contribution is 0.0601. The summed E-state index contributed by atoms with van der Waals surface area (Å²) < 4.78 is 9.99. The van der Waals surface area contributed by atoms with Crippen molar-refractivity contribution in [2.24, 2.45) is 5.92 Å². The van der Waals surface area contributed by atoms with E-state index in [0.717, 1.165) is 43.3 Å². The third-order valence-electron chi connectivity index (χ3n) is 5.94. The quantitative estimate of drug-likeness (QED) is 0.790. The van der Waals surface area contributed by atoms with E-state index < -0.39 is 5.97 Å². The molecule has 2 aromatic rings. The van der Waals surface area contributed by atoms with Crippen LogP contribution in [0.25, 0.3) is 11.1 Å². The van der Waals surface area contributed by atoms with Crippen molar-refractivity contribution in [3.05, 3.63) is 47.7 Å². The van der Waals surface area contributed by atoms with Crippen LogP contribution in [0.15, 0.2) is 36.5 Å². The number of carbonyl (C=O) groups is 1. The number of benzene rings is 1. The van der Waals surface area contributed by atoms with Gasteiger partial charge in [-0.2, -0.15) is 0 Å². The van der Waals surface area contributed by atoms with Crippen molar-refractivity contribution in [1.82, 2.24) is 9.88 Å². The number of methoxy groups -OCH3 is 2. The molecule has 4 rings (SSSR count). The summed E-state index contributed by atoms with van der Waals surface area (Å²) in [5.74, 6) is 0.466. The van der Waals surface area contributed by atoms with Crippen LogP contribution in [-0.2, 0) is 14.9 Å². The van der Waals surface area contributed by atoms with Gasteiger partial charge in [0.15, 0.2) is 0 Å². The second-order valence-electron chi connectivity index (χ2n) is 7.51. The molecular weight excluding hydrogens is 342 g/mol. The highest BCUT2D eigenvalue weighted by atomic mass is 16.5. The van der Waals surface area contributed by atoms with Crippen molar-refractivity contribution in [2.75, 3.05) is 46.2 Å². The first kappa shape index (κ1) is 17.9. The van der Waals surface area contributed by atoms with Gasteiger partial charge in [-0.3, -0.25) is 4.90 Å². The first-order valence-electron chi connectivity index (χ1n) is 9.23. The van der Waals surface area contributed by atoms with Crippen molar-refractivity contribution in [3.8, 4) is 11.1 Å². The standard InChI is InChI=1S/C21H25N3O3/c1-26-8-7-24-12-17-10-21(17,13-24)16-5-3-14(4-6-16)15-9-18(20(25)27-2)19(22)23-11-15/h3-6,9,11,17H,7-8,10,12-13H2,1-2H3,(H2,22,23)/t17-,21+/m1/s1. The number of pyridine rings is 1. The molecule has 2 N–H and O–H groups in total. The third kappa shape index (κ3) is 3.19. The molecule has 142 valence electrons. The van der Waals surface area contributed by atoms with Crippen molar-refractivity contribution in [1.29, 1.82) is 0 Å². The normalized spacial score (nSPS) is 23.9. The maximum Gasteiger partial charge on any atom is 0.341 e.